The number of aryl methyl sites for hydroxylation is 1. The Balaban J connectivity index is 2.01. The first-order valence-electron chi connectivity index (χ1n) is 6.13. The fourth-order valence-corrected chi connectivity index (χ4v) is 2.39. The molecule has 0 unspecified atom stereocenters. The van der Waals surface area contributed by atoms with Gasteiger partial charge in [-0.1, -0.05) is 0 Å². The highest BCUT2D eigenvalue weighted by Gasteiger charge is 2.35. The summed E-state index contributed by atoms with van der Waals surface area (Å²) in [4.78, 5) is 17.3. The normalized spacial score (nSPS) is 20.6. The minimum atomic E-state index is -4.18. The summed E-state index contributed by atoms with van der Waals surface area (Å²) in [6.45, 7) is 2.22. The van der Waals surface area contributed by atoms with Crippen LogP contribution in [0.4, 0.5) is 13.2 Å². The van der Waals surface area contributed by atoms with E-state index < -0.39 is 18.5 Å². The molecule has 0 spiro atoms. The third kappa shape index (κ3) is 3.48. The number of hydrogen-bond acceptors (Lipinski definition) is 3. The summed E-state index contributed by atoms with van der Waals surface area (Å²) in [6, 6.07) is 0. The molecule has 1 amide bonds. The number of nitrogens with zero attached hydrogens (tertiary/aromatic N) is 2. The molecular formula is C12H15F3N2O2. The van der Waals surface area contributed by atoms with Gasteiger partial charge in [-0.05, 0) is 25.7 Å². The Morgan fingerprint density at radius 3 is 2.89 bits per heavy atom. The molecule has 7 heteroatoms. The van der Waals surface area contributed by atoms with Crippen molar-refractivity contribution in [1.82, 2.24) is 9.88 Å². The second-order valence-electron chi connectivity index (χ2n) is 4.85. The highest BCUT2D eigenvalue weighted by Crippen LogP contribution is 2.30. The maximum absolute atomic E-state index is 12.4. The molecule has 1 saturated heterocycles. The molecule has 0 aliphatic carbocycles. The van der Waals surface area contributed by atoms with Crippen molar-refractivity contribution >= 4 is 5.91 Å². The lowest BCUT2D eigenvalue weighted by molar-refractivity contribution is -0.147. The zero-order valence-corrected chi connectivity index (χ0v) is 10.5. The predicted octanol–water partition coefficient (Wildman–Crippen LogP) is 2.79. The number of carbonyl (C=O) groups excluding carboxylic acids is 1. The van der Waals surface area contributed by atoms with E-state index in [1.807, 2.05) is 0 Å². The van der Waals surface area contributed by atoms with Gasteiger partial charge in [0.25, 0.3) is 5.91 Å². The minimum absolute atomic E-state index is 0.118. The molecule has 1 aliphatic rings. The summed E-state index contributed by atoms with van der Waals surface area (Å²) in [5, 5.41) is 0. The van der Waals surface area contributed by atoms with Crippen LogP contribution in [-0.2, 0) is 0 Å². The number of piperidine rings is 1. The van der Waals surface area contributed by atoms with Gasteiger partial charge in [-0.2, -0.15) is 13.2 Å². The van der Waals surface area contributed by atoms with Crippen molar-refractivity contribution in [2.75, 3.05) is 13.1 Å². The fourth-order valence-electron chi connectivity index (χ4n) is 2.39. The van der Waals surface area contributed by atoms with E-state index in [0.29, 0.717) is 25.1 Å². The molecule has 0 aromatic carbocycles. The predicted molar refractivity (Wildman–Crippen MR) is 60.5 cm³/mol. The summed E-state index contributed by atoms with van der Waals surface area (Å²) < 4.78 is 42.1. The number of rotatable bonds is 2. The first kappa shape index (κ1) is 13.9. The van der Waals surface area contributed by atoms with Crippen LogP contribution >= 0.6 is 0 Å². The molecule has 0 saturated carbocycles. The van der Waals surface area contributed by atoms with E-state index in [0.717, 1.165) is 0 Å². The van der Waals surface area contributed by atoms with E-state index in [4.69, 9.17) is 4.42 Å². The van der Waals surface area contributed by atoms with Crippen molar-refractivity contribution in [1.29, 1.82) is 0 Å². The summed E-state index contributed by atoms with van der Waals surface area (Å²) >= 11 is 0. The second-order valence-corrected chi connectivity index (χ2v) is 4.85. The molecule has 4 nitrogen and oxygen atoms in total. The van der Waals surface area contributed by atoms with Gasteiger partial charge in [-0.15, -0.1) is 0 Å². The number of oxazole rings is 1. The molecule has 0 bridgehead atoms. The van der Waals surface area contributed by atoms with Crippen LogP contribution in [0.1, 0.15) is 35.5 Å². The average molecular weight is 276 g/mol. The number of carbonyl (C=O) groups is 1. The number of likely N-dealkylation sites (tertiary alicyclic amines) is 1. The zero-order valence-electron chi connectivity index (χ0n) is 10.5. The number of halogens is 3. The van der Waals surface area contributed by atoms with Crippen molar-refractivity contribution in [3.63, 3.8) is 0 Å². The van der Waals surface area contributed by atoms with E-state index in [1.165, 1.54) is 11.3 Å². The first-order chi connectivity index (χ1) is 8.87. The molecule has 1 atom stereocenters. The topological polar surface area (TPSA) is 46.3 Å². The van der Waals surface area contributed by atoms with Gasteiger partial charge in [-0.3, -0.25) is 4.79 Å². The Morgan fingerprint density at radius 2 is 2.32 bits per heavy atom. The van der Waals surface area contributed by atoms with Gasteiger partial charge in [-0.25, -0.2) is 4.98 Å². The summed E-state index contributed by atoms with van der Waals surface area (Å²) in [5.74, 6) is -0.782. The molecule has 2 heterocycles. The van der Waals surface area contributed by atoms with Crippen LogP contribution in [-0.4, -0.2) is 35.1 Å². The van der Waals surface area contributed by atoms with Gasteiger partial charge in [0.2, 0.25) is 5.76 Å². The summed E-state index contributed by atoms with van der Waals surface area (Å²) in [6.07, 6.45) is -2.77. The van der Waals surface area contributed by atoms with E-state index in [2.05, 4.69) is 4.98 Å². The molecule has 1 aromatic heterocycles. The van der Waals surface area contributed by atoms with Gasteiger partial charge < -0.3 is 9.32 Å². The third-order valence-electron chi connectivity index (χ3n) is 3.27. The van der Waals surface area contributed by atoms with E-state index >= 15 is 0 Å². The van der Waals surface area contributed by atoms with E-state index in [9.17, 15) is 18.0 Å². The lowest BCUT2D eigenvalue weighted by atomic mass is 9.94. The fraction of sp³-hybridized carbons (Fsp3) is 0.667. The Morgan fingerprint density at radius 1 is 1.58 bits per heavy atom. The summed E-state index contributed by atoms with van der Waals surface area (Å²) in [7, 11) is 0. The lowest BCUT2D eigenvalue weighted by Crippen LogP contribution is -2.41. The van der Waals surface area contributed by atoms with Crippen molar-refractivity contribution < 1.29 is 22.4 Å². The minimum Gasteiger partial charge on any atom is -0.438 e. The lowest BCUT2D eigenvalue weighted by Gasteiger charge is -2.32. The molecule has 0 radical (unpaired) electrons. The molecule has 19 heavy (non-hydrogen) atoms. The highest BCUT2D eigenvalue weighted by atomic mass is 19.4. The Labute approximate surface area is 108 Å². The van der Waals surface area contributed by atoms with Crippen LogP contribution in [0.2, 0.25) is 0 Å². The zero-order chi connectivity index (χ0) is 14.0. The average Bonchev–Trinajstić information content (AvgIpc) is 2.72. The van der Waals surface area contributed by atoms with Gasteiger partial charge in [0, 0.05) is 19.5 Å². The molecule has 106 valence electrons. The largest absolute Gasteiger partial charge is 0.438 e. The van der Waals surface area contributed by atoms with Crippen LogP contribution in [0.3, 0.4) is 0 Å². The smallest absolute Gasteiger partial charge is 0.389 e. The monoisotopic (exact) mass is 276 g/mol. The number of hydrogen-bond donors (Lipinski definition) is 0. The number of aromatic nitrogens is 1. The van der Waals surface area contributed by atoms with Crippen LogP contribution in [0.15, 0.2) is 10.8 Å². The van der Waals surface area contributed by atoms with Crippen molar-refractivity contribution in [3.05, 3.63) is 17.8 Å². The van der Waals surface area contributed by atoms with Crippen LogP contribution in [0.25, 0.3) is 0 Å². The molecule has 1 aliphatic heterocycles. The van der Waals surface area contributed by atoms with Gasteiger partial charge in [0.1, 0.15) is 0 Å². The Bertz CT molecular complexity index is 456. The second kappa shape index (κ2) is 5.22. The molecular weight excluding hydrogens is 261 g/mol. The van der Waals surface area contributed by atoms with Crippen LogP contribution < -0.4 is 0 Å². The first-order valence-corrected chi connectivity index (χ1v) is 6.13. The van der Waals surface area contributed by atoms with Gasteiger partial charge >= 0.3 is 6.18 Å². The van der Waals surface area contributed by atoms with Crippen molar-refractivity contribution in [3.8, 4) is 0 Å². The Hall–Kier alpha value is -1.53. The van der Waals surface area contributed by atoms with E-state index in [-0.39, 0.29) is 18.2 Å². The van der Waals surface area contributed by atoms with Gasteiger partial charge in [0.15, 0.2) is 6.39 Å². The van der Waals surface area contributed by atoms with Crippen LogP contribution in [0, 0.1) is 12.8 Å². The SMILES string of the molecule is Cc1ncoc1C(=O)N1CCC[C@H](CC(F)(F)F)C1. The molecule has 1 fully saturated rings. The van der Waals surface area contributed by atoms with E-state index in [1.54, 1.807) is 6.92 Å². The highest BCUT2D eigenvalue weighted by molar-refractivity contribution is 5.92. The van der Waals surface area contributed by atoms with Crippen LogP contribution in [0.5, 0.6) is 0 Å². The Kier molecular flexibility index (Phi) is 3.82. The maximum Gasteiger partial charge on any atom is 0.389 e. The third-order valence-corrected chi connectivity index (χ3v) is 3.27. The van der Waals surface area contributed by atoms with Gasteiger partial charge in [0.05, 0.1) is 5.69 Å². The maximum atomic E-state index is 12.4. The standard InChI is InChI=1S/C12H15F3N2O2/c1-8-10(19-7-16-8)11(18)17-4-2-3-9(6-17)5-12(13,14)15/h7,9H,2-6H2,1H3/t9-/m1/s1. The summed E-state index contributed by atoms with van der Waals surface area (Å²) in [5.41, 5.74) is 0.461. The molecule has 2 rings (SSSR count). The number of alkyl halides is 3. The quantitative estimate of drug-likeness (QED) is 0.834. The van der Waals surface area contributed by atoms with Crippen molar-refractivity contribution in [2.45, 2.75) is 32.4 Å². The molecule has 0 N–H and O–H groups in total. The van der Waals surface area contributed by atoms with Crippen molar-refractivity contribution in [2.24, 2.45) is 5.92 Å². The number of amides is 1. The molecule has 1 aromatic rings.